The number of aromatic carboxylic acids is 1. The molecular weight excluding hydrogens is 254 g/mol. The van der Waals surface area contributed by atoms with Crippen molar-refractivity contribution >= 4 is 17.3 Å². The quantitative estimate of drug-likeness (QED) is 0.856. The van der Waals surface area contributed by atoms with Crippen LogP contribution in [0, 0.1) is 0 Å². The summed E-state index contributed by atoms with van der Waals surface area (Å²) in [6, 6.07) is 3.67. The molecular formula is C11H13N3O3S. The van der Waals surface area contributed by atoms with Crippen molar-refractivity contribution in [2.75, 3.05) is 0 Å². The monoisotopic (exact) mass is 267 g/mol. The number of hydrogen-bond donors (Lipinski definition) is 2. The molecule has 0 radical (unpaired) electrons. The first kappa shape index (κ1) is 12.7. The number of aliphatic hydroxyl groups excluding tert-OH is 1. The van der Waals surface area contributed by atoms with Gasteiger partial charge in [-0.15, -0.1) is 16.4 Å². The van der Waals surface area contributed by atoms with Crippen LogP contribution in [0.5, 0.6) is 0 Å². The lowest BCUT2D eigenvalue weighted by molar-refractivity contribution is 0.0691. The number of aromatic nitrogens is 3. The van der Waals surface area contributed by atoms with Crippen molar-refractivity contribution in [3.05, 3.63) is 23.2 Å². The van der Waals surface area contributed by atoms with Gasteiger partial charge in [0.25, 0.3) is 0 Å². The summed E-state index contributed by atoms with van der Waals surface area (Å²) in [4.78, 5) is 11.9. The molecule has 7 heteroatoms. The predicted molar refractivity (Wildman–Crippen MR) is 66.6 cm³/mol. The van der Waals surface area contributed by atoms with Crippen molar-refractivity contribution in [1.29, 1.82) is 0 Å². The number of carboxylic acids is 1. The molecule has 1 atom stereocenters. The summed E-state index contributed by atoms with van der Waals surface area (Å²) < 4.78 is 1.53. The van der Waals surface area contributed by atoms with Gasteiger partial charge >= 0.3 is 5.97 Å². The van der Waals surface area contributed by atoms with E-state index in [0.29, 0.717) is 18.7 Å². The second kappa shape index (κ2) is 5.28. The predicted octanol–water partition coefficient (Wildman–Crippen LogP) is 1.48. The van der Waals surface area contributed by atoms with Gasteiger partial charge in [0.15, 0.2) is 5.69 Å². The second-order valence-corrected chi connectivity index (χ2v) is 4.88. The molecule has 6 nitrogen and oxygen atoms in total. The van der Waals surface area contributed by atoms with E-state index in [1.165, 1.54) is 16.0 Å². The summed E-state index contributed by atoms with van der Waals surface area (Å²) in [7, 11) is 0. The van der Waals surface area contributed by atoms with E-state index in [4.69, 9.17) is 5.11 Å². The van der Waals surface area contributed by atoms with E-state index < -0.39 is 12.1 Å². The molecule has 0 saturated heterocycles. The van der Waals surface area contributed by atoms with Gasteiger partial charge in [0, 0.05) is 6.54 Å². The highest BCUT2D eigenvalue weighted by Gasteiger charge is 2.21. The Bertz CT molecular complexity index is 534. The lowest BCUT2D eigenvalue weighted by atomic mass is 10.2. The van der Waals surface area contributed by atoms with Crippen LogP contribution in [-0.4, -0.2) is 37.3 Å². The Balaban J connectivity index is 2.38. The van der Waals surface area contributed by atoms with E-state index in [0.717, 1.165) is 4.88 Å². The molecule has 96 valence electrons. The van der Waals surface area contributed by atoms with Gasteiger partial charge in [-0.2, -0.15) is 0 Å². The van der Waals surface area contributed by atoms with Crippen molar-refractivity contribution in [3.8, 4) is 10.6 Å². The molecule has 0 fully saturated rings. The first-order chi connectivity index (χ1) is 8.59. The number of carbonyl (C=O) groups is 1. The van der Waals surface area contributed by atoms with Gasteiger partial charge in [0.05, 0.1) is 11.0 Å². The van der Waals surface area contributed by atoms with E-state index in [1.807, 2.05) is 17.5 Å². The number of aryl methyl sites for hydroxylation is 1. The Hall–Kier alpha value is -1.73. The summed E-state index contributed by atoms with van der Waals surface area (Å²) in [5.74, 6) is -1.10. The summed E-state index contributed by atoms with van der Waals surface area (Å²) in [5, 5.41) is 27.8. The van der Waals surface area contributed by atoms with E-state index in [-0.39, 0.29) is 5.69 Å². The molecule has 0 amide bonds. The zero-order valence-corrected chi connectivity index (χ0v) is 10.6. The molecule has 1 unspecified atom stereocenters. The third kappa shape index (κ3) is 2.57. The van der Waals surface area contributed by atoms with Crippen molar-refractivity contribution in [3.63, 3.8) is 0 Å². The Labute approximate surface area is 107 Å². The van der Waals surface area contributed by atoms with Crippen LogP contribution in [0.15, 0.2) is 17.5 Å². The minimum atomic E-state index is -1.10. The SMILES string of the molecule is CC(O)CCn1nnc(C(=O)O)c1-c1cccs1. The number of carboxylic acid groups (broad SMARTS) is 1. The van der Waals surface area contributed by atoms with E-state index >= 15 is 0 Å². The number of aliphatic hydroxyl groups is 1. The minimum Gasteiger partial charge on any atom is -0.476 e. The average molecular weight is 267 g/mol. The van der Waals surface area contributed by atoms with Crippen molar-refractivity contribution in [2.45, 2.75) is 26.0 Å². The molecule has 0 aromatic carbocycles. The maximum Gasteiger partial charge on any atom is 0.358 e. The molecule has 2 aromatic heterocycles. The van der Waals surface area contributed by atoms with Gasteiger partial charge in [-0.05, 0) is 24.8 Å². The zero-order chi connectivity index (χ0) is 13.1. The summed E-state index contributed by atoms with van der Waals surface area (Å²) in [5.41, 5.74) is 0.446. The van der Waals surface area contributed by atoms with Crippen LogP contribution in [0.1, 0.15) is 23.8 Å². The lowest BCUT2D eigenvalue weighted by Gasteiger charge is -2.06. The molecule has 18 heavy (non-hydrogen) atoms. The minimum absolute atomic E-state index is 0.0527. The Morgan fingerprint density at radius 3 is 2.94 bits per heavy atom. The van der Waals surface area contributed by atoms with Crippen LogP contribution < -0.4 is 0 Å². The third-order valence-corrected chi connectivity index (χ3v) is 3.33. The lowest BCUT2D eigenvalue weighted by Crippen LogP contribution is -2.09. The number of thiophene rings is 1. The summed E-state index contributed by atoms with van der Waals surface area (Å²) >= 11 is 1.43. The molecule has 0 aliphatic carbocycles. The van der Waals surface area contributed by atoms with Crippen LogP contribution in [0.25, 0.3) is 10.6 Å². The normalized spacial score (nSPS) is 12.6. The first-order valence-corrected chi connectivity index (χ1v) is 6.36. The van der Waals surface area contributed by atoms with Gasteiger partial charge < -0.3 is 10.2 Å². The highest BCUT2D eigenvalue weighted by Crippen LogP contribution is 2.27. The van der Waals surface area contributed by atoms with Crippen LogP contribution in [0.2, 0.25) is 0 Å². The van der Waals surface area contributed by atoms with Gasteiger partial charge in [0.1, 0.15) is 5.69 Å². The molecule has 0 saturated carbocycles. The molecule has 0 bridgehead atoms. The fourth-order valence-electron chi connectivity index (χ4n) is 1.58. The van der Waals surface area contributed by atoms with Crippen LogP contribution in [0.4, 0.5) is 0 Å². The Kier molecular flexibility index (Phi) is 3.73. The van der Waals surface area contributed by atoms with E-state index in [2.05, 4.69) is 10.3 Å². The fourth-order valence-corrected chi connectivity index (χ4v) is 2.35. The van der Waals surface area contributed by atoms with Gasteiger partial charge in [-0.1, -0.05) is 11.3 Å². The van der Waals surface area contributed by atoms with Crippen molar-refractivity contribution in [1.82, 2.24) is 15.0 Å². The smallest absolute Gasteiger partial charge is 0.358 e. The van der Waals surface area contributed by atoms with Gasteiger partial charge in [-0.3, -0.25) is 0 Å². The maximum absolute atomic E-state index is 11.1. The summed E-state index contributed by atoms with van der Waals surface area (Å²) in [6.07, 6.45) is 0.0412. The number of rotatable bonds is 5. The molecule has 0 spiro atoms. The standard InChI is InChI=1S/C11H13N3O3S/c1-7(15)4-5-14-10(8-3-2-6-18-8)9(11(16)17)12-13-14/h2-3,6-7,15H,4-5H2,1H3,(H,16,17). The largest absolute Gasteiger partial charge is 0.476 e. The van der Waals surface area contributed by atoms with Gasteiger partial charge in [0.2, 0.25) is 0 Å². The van der Waals surface area contributed by atoms with Crippen LogP contribution in [0.3, 0.4) is 0 Å². The number of nitrogens with zero attached hydrogens (tertiary/aromatic N) is 3. The molecule has 2 N–H and O–H groups in total. The van der Waals surface area contributed by atoms with Crippen LogP contribution in [-0.2, 0) is 6.54 Å². The Morgan fingerprint density at radius 2 is 2.39 bits per heavy atom. The van der Waals surface area contributed by atoms with Crippen molar-refractivity contribution < 1.29 is 15.0 Å². The Morgan fingerprint density at radius 1 is 1.61 bits per heavy atom. The maximum atomic E-state index is 11.1. The topological polar surface area (TPSA) is 88.2 Å². The number of hydrogen-bond acceptors (Lipinski definition) is 5. The summed E-state index contributed by atoms with van der Waals surface area (Å²) in [6.45, 7) is 2.12. The average Bonchev–Trinajstić information content (AvgIpc) is 2.94. The fraction of sp³-hybridized carbons (Fsp3) is 0.364. The highest BCUT2D eigenvalue weighted by atomic mass is 32.1. The van der Waals surface area contributed by atoms with Crippen molar-refractivity contribution in [2.24, 2.45) is 0 Å². The van der Waals surface area contributed by atoms with Gasteiger partial charge in [-0.25, -0.2) is 9.48 Å². The molecule has 0 aliphatic heterocycles. The molecule has 0 aliphatic rings. The van der Waals surface area contributed by atoms with E-state index in [1.54, 1.807) is 6.92 Å². The molecule has 2 heterocycles. The first-order valence-electron chi connectivity index (χ1n) is 5.48. The second-order valence-electron chi connectivity index (χ2n) is 3.93. The van der Waals surface area contributed by atoms with E-state index in [9.17, 15) is 9.90 Å². The molecule has 2 aromatic rings. The highest BCUT2D eigenvalue weighted by molar-refractivity contribution is 7.13. The third-order valence-electron chi connectivity index (χ3n) is 2.45. The zero-order valence-electron chi connectivity index (χ0n) is 9.78. The van der Waals surface area contributed by atoms with Crippen LogP contribution >= 0.6 is 11.3 Å². The molecule has 2 rings (SSSR count).